The van der Waals surface area contributed by atoms with Gasteiger partial charge in [-0.3, -0.25) is 0 Å². The van der Waals surface area contributed by atoms with Crippen molar-refractivity contribution in [2.45, 2.75) is 33.1 Å². The summed E-state index contributed by atoms with van der Waals surface area (Å²) < 4.78 is 13.1. The molecule has 2 amide bonds. The molecule has 0 aromatic heterocycles. The highest BCUT2D eigenvalue weighted by molar-refractivity contribution is 5.92. The molecule has 1 aliphatic rings. The zero-order valence-electron chi connectivity index (χ0n) is 15.6. The van der Waals surface area contributed by atoms with Crippen molar-refractivity contribution in [2.75, 3.05) is 18.4 Å². The molecule has 26 heavy (non-hydrogen) atoms. The van der Waals surface area contributed by atoms with Gasteiger partial charge in [0.25, 0.3) is 0 Å². The minimum atomic E-state index is -0.231. The lowest BCUT2D eigenvalue weighted by Gasteiger charge is -2.28. The predicted octanol–water partition coefficient (Wildman–Crippen LogP) is 5.58. The monoisotopic (exact) mass is 352 g/mol. The second-order valence-electron chi connectivity index (χ2n) is 7.06. The van der Waals surface area contributed by atoms with E-state index in [1.165, 1.54) is 12.1 Å². The topological polar surface area (TPSA) is 32.3 Å². The summed E-state index contributed by atoms with van der Waals surface area (Å²) in [6.45, 7) is 7.48. The van der Waals surface area contributed by atoms with Gasteiger partial charge in [0.05, 0.1) is 0 Å². The molecule has 0 radical (unpaired) electrons. The molecule has 0 saturated carbocycles. The summed E-state index contributed by atoms with van der Waals surface area (Å²) in [6, 6.07) is 12.6. The van der Waals surface area contributed by atoms with Crippen LogP contribution in [0.2, 0.25) is 0 Å². The summed E-state index contributed by atoms with van der Waals surface area (Å²) in [5.41, 5.74) is 5.32. The number of nitrogens with one attached hydrogen (secondary N) is 1. The van der Waals surface area contributed by atoms with Crippen LogP contribution in [0, 0.1) is 12.7 Å². The van der Waals surface area contributed by atoms with E-state index >= 15 is 0 Å². The average Bonchev–Trinajstić information content (AvgIpc) is 2.64. The first-order valence-electron chi connectivity index (χ1n) is 9.06. The summed E-state index contributed by atoms with van der Waals surface area (Å²) in [4.78, 5) is 14.5. The Bertz CT molecular complexity index is 825. The van der Waals surface area contributed by atoms with Crippen LogP contribution in [0.5, 0.6) is 0 Å². The number of rotatable bonds is 3. The first-order valence-corrected chi connectivity index (χ1v) is 9.06. The normalized spacial score (nSPS) is 14.3. The lowest BCUT2D eigenvalue weighted by atomic mass is 9.98. The van der Waals surface area contributed by atoms with Gasteiger partial charge in [0.1, 0.15) is 5.82 Å². The van der Waals surface area contributed by atoms with E-state index < -0.39 is 0 Å². The standard InChI is InChI=1S/C22H25FN2O/c1-15(2)20-6-4-5-16(3)21(20)24-22(26)25-13-11-18(12-14-25)17-7-9-19(23)10-8-17/h4-11,15H,12-14H2,1-3H3,(H,24,26). The molecule has 4 heteroatoms. The van der Waals surface area contributed by atoms with E-state index in [1.54, 1.807) is 12.1 Å². The Balaban J connectivity index is 1.70. The quantitative estimate of drug-likeness (QED) is 0.768. The van der Waals surface area contributed by atoms with Crippen LogP contribution >= 0.6 is 0 Å². The minimum absolute atomic E-state index is 0.0735. The van der Waals surface area contributed by atoms with E-state index in [2.05, 4.69) is 31.3 Å². The van der Waals surface area contributed by atoms with Crippen LogP contribution in [0.4, 0.5) is 14.9 Å². The molecule has 2 aromatic carbocycles. The van der Waals surface area contributed by atoms with E-state index in [0.29, 0.717) is 19.0 Å². The van der Waals surface area contributed by atoms with Crippen molar-refractivity contribution in [1.82, 2.24) is 4.90 Å². The Morgan fingerprint density at radius 3 is 2.50 bits per heavy atom. The molecule has 1 aliphatic heterocycles. The highest BCUT2D eigenvalue weighted by atomic mass is 19.1. The van der Waals surface area contributed by atoms with Crippen molar-refractivity contribution in [2.24, 2.45) is 0 Å². The van der Waals surface area contributed by atoms with E-state index in [9.17, 15) is 9.18 Å². The summed E-state index contributed by atoms with van der Waals surface area (Å²) >= 11 is 0. The molecule has 0 bridgehead atoms. The number of halogens is 1. The molecule has 0 unspecified atom stereocenters. The number of urea groups is 1. The molecule has 1 heterocycles. The van der Waals surface area contributed by atoms with E-state index in [-0.39, 0.29) is 11.8 Å². The van der Waals surface area contributed by atoms with Gasteiger partial charge in [0.2, 0.25) is 0 Å². The first kappa shape index (κ1) is 18.2. The summed E-state index contributed by atoms with van der Waals surface area (Å²) in [6.07, 6.45) is 2.82. The number of amides is 2. The molecule has 0 atom stereocenters. The average molecular weight is 352 g/mol. The molecule has 0 saturated heterocycles. The molecule has 3 rings (SSSR count). The highest BCUT2D eigenvalue weighted by Crippen LogP contribution is 2.28. The lowest BCUT2D eigenvalue weighted by Crippen LogP contribution is -2.38. The van der Waals surface area contributed by atoms with Crippen molar-refractivity contribution in [3.05, 3.63) is 71.0 Å². The number of carbonyl (C=O) groups excluding carboxylic acids is 1. The number of nitrogens with zero attached hydrogens (tertiary/aromatic N) is 1. The molecule has 2 aromatic rings. The Hall–Kier alpha value is -2.62. The van der Waals surface area contributed by atoms with Crippen LogP contribution in [0.3, 0.4) is 0 Å². The number of benzene rings is 2. The number of hydrogen-bond acceptors (Lipinski definition) is 1. The third kappa shape index (κ3) is 3.96. The molecule has 0 spiro atoms. The third-order valence-electron chi connectivity index (χ3n) is 4.87. The zero-order chi connectivity index (χ0) is 18.7. The number of carbonyl (C=O) groups is 1. The van der Waals surface area contributed by atoms with E-state index in [4.69, 9.17) is 0 Å². The molecule has 0 aliphatic carbocycles. The summed E-state index contributed by atoms with van der Waals surface area (Å²) in [7, 11) is 0. The molecule has 1 N–H and O–H groups in total. The largest absolute Gasteiger partial charge is 0.322 e. The molecular weight excluding hydrogens is 327 g/mol. The van der Waals surface area contributed by atoms with E-state index in [1.807, 2.05) is 24.0 Å². The summed E-state index contributed by atoms with van der Waals surface area (Å²) in [5.74, 6) is 0.113. The fourth-order valence-corrected chi connectivity index (χ4v) is 3.31. The third-order valence-corrected chi connectivity index (χ3v) is 4.87. The van der Waals surface area contributed by atoms with Gasteiger partial charge in [0.15, 0.2) is 0 Å². The van der Waals surface area contributed by atoms with Gasteiger partial charge in [-0.25, -0.2) is 9.18 Å². The first-order chi connectivity index (χ1) is 12.5. The van der Waals surface area contributed by atoms with Gasteiger partial charge in [-0.1, -0.05) is 50.3 Å². The van der Waals surface area contributed by atoms with Crippen molar-refractivity contribution in [3.8, 4) is 0 Å². The fourth-order valence-electron chi connectivity index (χ4n) is 3.31. The molecule has 3 nitrogen and oxygen atoms in total. The van der Waals surface area contributed by atoms with Crippen LogP contribution in [0.1, 0.15) is 42.9 Å². The van der Waals surface area contributed by atoms with Crippen molar-refractivity contribution >= 4 is 17.3 Å². The predicted molar refractivity (Wildman–Crippen MR) is 105 cm³/mol. The van der Waals surface area contributed by atoms with Gasteiger partial charge < -0.3 is 10.2 Å². The maximum absolute atomic E-state index is 13.1. The van der Waals surface area contributed by atoms with Crippen LogP contribution in [-0.2, 0) is 0 Å². The Labute approximate surface area is 154 Å². The number of anilines is 1. The van der Waals surface area contributed by atoms with Crippen LogP contribution in [-0.4, -0.2) is 24.0 Å². The highest BCUT2D eigenvalue weighted by Gasteiger charge is 2.20. The van der Waals surface area contributed by atoms with Crippen LogP contribution in [0.25, 0.3) is 5.57 Å². The minimum Gasteiger partial charge on any atom is -0.320 e. The van der Waals surface area contributed by atoms with Gasteiger partial charge in [-0.05, 0) is 53.7 Å². The maximum atomic E-state index is 13.1. The van der Waals surface area contributed by atoms with Gasteiger partial charge in [0, 0.05) is 18.8 Å². The van der Waals surface area contributed by atoms with Crippen LogP contribution in [0.15, 0.2) is 48.5 Å². The second-order valence-corrected chi connectivity index (χ2v) is 7.06. The zero-order valence-corrected chi connectivity index (χ0v) is 15.6. The van der Waals surface area contributed by atoms with Crippen LogP contribution < -0.4 is 5.32 Å². The summed E-state index contributed by atoms with van der Waals surface area (Å²) in [5, 5.41) is 3.10. The SMILES string of the molecule is Cc1cccc(C(C)C)c1NC(=O)N1CC=C(c2ccc(F)cc2)CC1. The number of para-hydroxylation sites is 1. The van der Waals surface area contributed by atoms with Gasteiger partial charge >= 0.3 is 6.03 Å². The number of hydrogen-bond donors (Lipinski definition) is 1. The smallest absolute Gasteiger partial charge is 0.320 e. The second kappa shape index (κ2) is 7.73. The number of aryl methyl sites for hydroxylation is 1. The molecule has 136 valence electrons. The Morgan fingerprint density at radius 1 is 1.15 bits per heavy atom. The van der Waals surface area contributed by atoms with Gasteiger partial charge in [-0.2, -0.15) is 0 Å². The fraction of sp³-hybridized carbons (Fsp3) is 0.318. The van der Waals surface area contributed by atoms with Crippen molar-refractivity contribution < 1.29 is 9.18 Å². The van der Waals surface area contributed by atoms with Crippen molar-refractivity contribution in [1.29, 1.82) is 0 Å². The lowest BCUT2D eigenvalue weighted by molar-refractivity contribution is 0.217. The Kier molecular flexibility index (Phi) is 5.40. The van der Waals surface area contributed by atoms with Crippen molar-refractivity contribution in [3.63, 3.8) is 0 Å². The molecule has 0 fully saturated rings. The Morgan fingerprint density at radius 2 is 1.88 bits per heavy atom. The van der Waals surface area contributed by atoms with E-state index in [0.717, 1.165) is 34.4 Å². The van der Waals surface area contributed by atoms with Gasteiger partial charge in [-0.15, -0.1) is 0 Å². The molecular formula is C22H25FN2O. The maximum Gasteiger partial charge on any atom is 0.322 e.